The highest BCUT2D eigenvalue weighted by Gasteiger charge is 2.04. The van der Waals surface area contributed by atoms with Gasteiger partial charge >= 0.3 is 8.03 Å². The summed E-state index contributed by atoms with van der Waals surface area (Å²) >= 11 is 0. The fraction of sp³-hybridized carbons (Fsp3) is 1.00. The van der Waals surface area contributed by atoms with E-state index in [2.05, 4.69) is 13.8 Å². The molecule has 0 N–H and O–H groups in total. The molecule has 0 aromatic heterocycles. The molecule has 2 nitrogen and oxygen atoms in total. The Hall–Kier alpha value is 0.0600. The molecule has 0 aromatic rings. The Morgan fingerprint density at radius 2 is 1.92 bits per heavy atom. The predicted molar refractivity (Wildman–Crippen MR) is 52.8 cm³/mol. The van der Waals surface area contributed by atoms with Crippen molar-refractivity contribution in [2.24, 2.45) is 5.92 Å². The van der Waals surface area contributed by atoms with Gasteiger partial charge < -0.3 is 0 Å². The van der Waals surface area contributed by atoms with Gasteiger partial charge in [0.1, 0.15) is 6.61 Å². The van der Waals surface area contributed by atoms with Crippen molar-refractivity contribution in [1.29, 1.82) is 0 Å². The van der Waals surface area contributed by atoms with Crippen molar-refractivity contribution in [1.82, 2.24) is 0 Å². The van der Waals surface area contributed by atoms with Crippen LogP contribution in [0.5, 0.6) is 0 Å². The number of unbranched alkanes of at least 4 members (excludes halogenated alkanes) is 2. The molecule has 0 saturated heterocycles. The molecule has 0 bridgehead atoms. The predicted octanol–water partition coefficient (Wildman–Crippen LogP) is 3.59. The van der Waals surface area contributed by atoms with Crippen molar-refractivity contribution in [3.8, 4) is 0 Å². The third-order valence-electron chi connectivity index (χ3n) is 1.70. The average molecular weight is 191 g/mol. The average Bonchev–Trinajstić information content (AvgIpc) is 1.95. The summed E-state index contributed by atoms with van der Waals surface area (Å²) in [4.78, 5) is 0. The molecule has 0 saturated carbocycles. The lowest BCUT2D eigenvalue weighted by atomic mass is 10.1. The Bertz CT molecular complexity index is 124. The van der Waals surface area contributed by atoms with Crippen LogP contribution in [0.15, 0.2) is 0 Å². The summed E-state index contributed by atoms with van der Waals surface area (Å²) < 4.78 is 15.5. The molecule has 0 aliphatic carbocycles. The molecular weight excluding hydrogens is 171 g/mol. The van der Waals surface area contributed by atoms with Crippen molar-refractivity contribution in [2.45, 2.75) is 39.5 Å². The monoisotopic (exact) mass is 191 g/mol. The molecule has 3 heteroatoms. The van der Waals surface area contributed by atoms with E-state index in [-0.39, 0.29) is 0 Å². The van der Waals surface area contributed by atoms with Gasteiger partial charge in [0.15, 0.2) is 6.66 Å². The Morgan fingerprint density at radius 3 is 2.42 bits per heavy atom. The normalized spacial score (nSPS) is 12.2. The van der Waals surface area contributed by atoms with E-state index in [1.807, 2.05) is 0 Å². The Labute approximate surface area is 76.6 Å². The lowest BCUT2D eigenvalue weighted by Gasteiger charge is -2.01. The number of hydrogen-bond donors (Lipinski definition) is 0. The summed E-state index contributed by atoms with van der Waals surface area (Å²) in [6, 6.07) is 0. The van der Waals surface area contributed by atoms with Gasteiger partial charge in [-0.1, -0.05) is 33.1 Å². The summed E-state index contributed by atoms with van der Waals surface area (Å²) in [5.41, 5.74) is 0. The molecular formula is C9H20O2P+. The molecule has 0 amide bonds. The Morgan fingerprint density at radius 1 is 1.25 bits per heavy atom. The second kappa shape index (κ2) is 7.70. The van der Waals surface area contributed by atoms with E-state index in [9.17, 15) is 4.57 Å². The summed E-state index contributed by atoms with van der Waals surface area (Å²) in [6.45, 7) is 6.73. The van der Waals surface area contributed by atoms with Gasteiger partial charge in [-0.15, -0.1) is 4.52 Å². The fourth-order valence-electron chi connectivity index (χ4n) is 1.02. The van der Waals surface area contributed by atoms with Crippen LogP contribution in [0.3, 0.4) is 0 Å². The molecule has 0 aliphatic heterocycles. The van der Waals surface area contributed by atoms with E-state index < -0.39 is 8.03 Å². The van der Waals surface area contributed by atoms with Gasteiger partial charge in [-0.2, -0.15) is 0 Å². The van der Waals surface area contributed by atoms with Crippen molar-refractivity contribution >= 4 is 8.03 Å². The molecule has 72 valence electrons. The Balaban J connectivity index is 2.96. The molecule has 0 spiro atoms. The second-order valence-electron chi connectivity index (χ2n) is 3.52. The highest BCUT2D eigenvalue weighted by Crippen LogP contribution is 2.16. The van der Waals surface area contributed by atoms with Crippen molar-refractivity contribution < 1.29 is 9.09 Å². The highest BCUT2D eigenvalue weighted by atomic mass is 31.1. The standard InChI is InChI=1S/C9H20O2P/c1-9(2)7-5-4-6-8-11-12(3)10/h9H,4-8H2,1-3H3/q+1. The van der Waals surface area contributed by atoms with E-state index >= 15 is 0 Å². The van der Waals surface area contributed by atoms with Crippen LogP contribution in [-0.4, -0.2) is 13.3 Å². The largest absolute Gasteiger partial charge is 0.504 e. The maximum absolute atomic E-state index is 10.5. The van der Waals surface area contributed by atoms with Crippen LogP contribution in [0.4, 0.5) is 0 Å². The van der Waals surface area contributed by atoms with Crippen LogP contribution in [0, 0.1) is 5.92 Å². The van der Waals surface area contributed by atoms with Crippen molar-refractivity contribution in [3.05, 3.63) is 0 Å². The topological polar surface area (TPSA) is 26.3 Å². The smallest absolute Gasteiger partial charge is 0.147 e. The third kappa shape index (κ3) is 10.1. The minimum Gasteiger partial charge on any atom is -0.147 e. The van der Waals surface area contributed by atoms with E-state index in [0.29, 0.717) is 6.61 Å². The zero-order valence-corrected chi connectivity index (χ0v) is 9.27. The molecule has 0 fully saturated rings. The minimum absolute atomic E-state index is 0.657. The quantitative estimate of drug-likeness (QED) is 0.454. The number of hydrogen-bond acceptors (Lipinski definition) is 2. The number of rotatable bonds is 7. The van der Waals surface area contributed by atoms with Gasteiger partial charge in [0.05, 0.1) is 0 Å². The fourth-order valence-corrected chi connectivity index (χ4v) is 1.41. The van der Waals surface area contributed by atoms with E-state index in [1.54, 1.807) is 6.66 Å². The van der Waals surface area contributed by atoms with Crippen LogP contribution in [0.1, 0.15) is 39.5 Å². The van der Waals surface area contributed by atoms with Gasteiger partial charge in [-0.25, -0.2) is 0 Å². The molecule has 0 rings (SSSR count). The zero-order valence-electron chi connectivity index (χ0n) is 8.38. The van der Waals surface area contributed by atoms with Crippen LogP contribution in [-0.2, 0) is 9.09 Å². The molecule has 0 radical (unpaired) electrons. The maximum Gasteiger partial charge on any atom is 0.504 e. The SMILES string of the molecule is CC(C)CCCCCO[P+](C)=O. The van der Waals surface area contributed by atoms with E-state index in [0.717, 1.165) is 12.3 Å². The summed E-state index contributed by atoms with van der Waals surface area (Å²) in [6.07, 6.45) is 4.79. The third-order valence-corrected chi connectivity index (χ3v) is 2.25. The van der Waals surface area contributed by atoms with E-state index in [4.69, 9.17) is 4.52 Å². The maximum atomic E-state index is 10.5. The van der Waals surface area contributed by atoms with Crippen LogP contribution < -0.4 is 0 Å². The summed E-state index contributed by atoms with van der Waals surface area (Å²) in [5, 5.41) is 0. The first-order chi connectivity index (χ1) is 5.63. The van der Waals surface area contributed by atoms with Gasteiger partial charge in [0.25, 0.3) is 0 Å². The van der Waals surface area contributed by atoms with Gasteiger partial charge in [-0.05, 0) is 16.9 Å². The van der Waals surface area contributed by atoms with E-state index in [1.165, 1.54) is 19.3 Å². The first-order valence-corrected chi connectivity index (χ1v) is 6.29. The molecule has 0 heterocycles. The molecule has 1 atom stereocenters. The lowest BCUT2D eigenvalue weighted by molar-refractivity contribution is 0.317. The summed E-state index contributed by atoms with van der Waals surface area (Å²) in [5.74, 6) is 0.800. The van der Waals surface area contributed by atoms with Gasteiger partial charge in [0.2, 0.25) is 0 Å². The molecule has 12 heavy (non-hydrogen) atoms. The van der Waals surface area contributed by atoms with Crippen molar-refractivity contribution in [3.63, 3.8) is 0 Å². The summed E-state index contributed by atoms with van der Waals surface area (Å²) in [7, 11) is -1.38. The van der Waals surface area contributed by atoms with Crippen LogP contribution >= 0.6 is 8.03 Å². The van der Waals surface area contributed by atoms with Crippen molar-refractivity contribution in [2.75, 3.05) is 13.3 Å². The second-order valence-corrected chi connectivity index (χ2v) is 4.65. The minimum atomic E-state index is -1.38. The Kier molecular flexibility index (Phi) is 7.73. The molecule has 0 aliphatic rings. The van der Waals surface area contributed by atoms with Crippen LogP contribution in [0.25, 0.3) is 0 Å². The highest BCUT2D eigenvalue weighted by molar-refractivity contribution is 7.38. The van der Waals surface area contributed by atoms with Crippen LogP contribution in [0.2, 0.25) is 0 Å². The lowest BCUT2D eigenvalue weighted by Crippen LogP contribution is -1.90. The van der Waals surface area contributed by atoms with Gasteiger partial charge in [0, 0.05) is 0 Å². The molecule has 0 aromatic carbocycles. The first-order valence-electron chi connectivity index (χ1n) is 4.66. The van der Waals surface area contributed by atoms with Gasteiger partial charge in [-0.3, -0.25) is 0 Å². The molecule has 1 unspecified atom stereocenters. The zero-order chi connectivity index (χ0) is 9.40. The first kappa shape index (κ1) is 12.1.